The van der Waals surface area contributed by atoms with Crippen LogP contribution in [0.3, 0.4) is 0 Å². The monoisotopic (exact) mass is 313 g/mol. The SMILES string of the molecule is O=C(NCc1nnc2n1CCC2)NC[C@@H]1Cc2ccccc2O1. The maximum Gasteiger partial charge on any atom is 0.315 e. The van der Waals surface area contributed by atoms with E-state index in [2.05, 4.69) is 31.5 Å². The summed E-state index contributed by atoms with van der Waals surface area (Å²) in [4.78, 5) is 11.9. The number of aryl methyl sites for hydroxylation is 1. The number of benzene rings is 1. The van der Waals surface area contributed by atoms with E-state index < -0.39 is 0 Å². The number of nitrogens with zero attached hydrogens (tertiary/aromatic N) is 3. The molecule has 1 aromatic carbocycles. The second kappa shape index (κ2) is 5.91. The molecule has 0 spiro atoms. The van der Waals surface area contributed by atoms with Crippen LogP contribution >= 0.6 is 0 Å². The number of hydrogen-bond acceptors (Lipinski definition) is 4. The van der Waals surface area contributed by atoms with Crippen LogP contribution in [0.25, 0.3) is 0 Å². The van der Waals surface area contributed by atoms with Gasteiger partial charge in [0.1, 0.15) is 17.7 Å². The van der Waals surface area contributed by atoms with Crippen molar-refractivity contribution in [3.05, 3.63) is 41.5 Å². The van der Waals surface area contributed by atoms with E-state index in [1.165, 1.54) is 5.56 Å². The number of para-hydroxylation sites is 1. The van der Waals surface area contributed by atoms with Crippen molar-refractivity contribution in [1.29, 1.82) is 0 Å². The Labute approximate surface area is 134 Å². The van der Waals surface area contributed by atoms with Crippen LogP contribution in [-0.2, 0) is 25.9 Å². The molecule has 0 fully saturated rings. The molecule has 1 atom stereocenters. The van der Waals surface area contributed by atoms with E-state index in [0.717, 1.165) is 43.2 Å². The van der Waals surface area contributed by atoms with Gasteiger partial charge in [-0.2, -0.15) is 0 Å². The summed E-state index contributed by atoms with van der Waals surface area (Å²) >= 11 is 0. The van der Waals surface area contributed by atoms with E-state index in [1.807, 2.05) is 18.2 Å². The molecule has 0 aliphatic carbocycles. The van der Waals surface area contributed by atoms with Crippen molar-refractivity contribution < 1.29 is 9.53 Å². The van der Waals surface area contributed by atoms with Crippen molar-refractivity contribution in [3.63, 3.8) is 0 Å². The van der Waals surface area contributed by atoms with Gasteiger partial charge in [-0.1, -0.05) is 18.2 Å². The van der Waals surface area contributed by atoms with Crippen LogP contribution in [0.15, 0.2) is 24.3 Å². The molecule has 0 unspecified atom stereocenters. The lowest BCUT2D eigenvalue weighted by Gasteiger charge is -2.12. The zero-order chi connectivity index (χ0) is 15.6. The highest BCUT2D eigenvalue weighted by molar-refractivity contribution is 5.73. The van der Waals surface area contributed by atoms with Gasteiger partial charge in [-0.05, 0) is 18.1 Å². The first-order valence-corrected chi connectivity index (χ1v) is 7.97. The molecule has 120 valence electrons. The molecule has 2 N–H and O–H groups in total. The van der Waals surface area contributed by atoms with Crippen LogP contribution in [0.4, 0.5) is 4.79 Å². The summed E-state index contributed by atoms with van der Waals surface area (Å²) in [5.41, 5.74) is 1.19. The molecule has 1 aromatic heterocycles. The quantitative estimate of drug-likeness (QED) is 0.883. The van der Waals surface area contributed by atoms with Crippen molar-refractivity contribution in [2.75, 3.05) is 6.54 Å². The summed E-state index contributed by atoms with van der Waals surface area (Å²) < 4.78 is 7.88. The van der Waals surface area contributed by atoms with Crippen molar-refractivity contribution >= 4 is 6.03 Å². The Bertz CT molecular complexity index is 702. The van der Waals surface area contributed by atoms with Gasteiger partial charge in [0, 0.05) is 19.4 Å². The second-order valence-corrected chi connectivity index (χ2v) is 5.90. The Balaban J connectivity index is 1.24. The molecule has 4 rings (SSSR count). The van der Waals surface area contributed by atoms with E-state index in [1.54, 1.807) is 0 Å². The van der Waals surface area contributed by atoms with Crippen LogP contribution in [0.2, 0.25) is 0 Å². The average Bonchev–Trinajstić information content (AvgIpc) is 3.25. The molecule has 7 nitrogen and oxygen atoms in total. The molecular formula is C16H19N5O2. The maximum atomic E-state index is 11.9. The topological polar surface area (TPSA) is 81.1 Å². The standard InChI is InChI=1S/C16H19N5O2/c22-16(18-10-15-20-19-14-6-3-7-21(14)15)17-9-12-8-11-4-1-2-5-13(11)23-12/h1-2,4-5,12H,3,6-10H2,(H2,17,18,22)/t12-/m0/s1. The Hall–Kier alpha value is -2.57. The van der Waals surface area contributed by atoms with Crippen molar-refractivity contribution in [2.24, 2.45) is 0 Å². The van der Waals surface area contributed by atoms with Crippen LogP contribution in [-0.4, -0.2) is 33.4 Å². The number of urea groups is 1. The van der Waals surface area contributed by atoms with Crippen molar-refractivity contribution in [2.45, 2.75) is 38.5 Å². The number of ether oxygens (including phenoxy) is 1. The van der Waals surface area contributed by atoms with Gasteiger partial charge >= 0.3 is 6.03 Å². The number of carbonyl (C=O) groups excluding carboxylic acids is 1. The van der Waals surface area contributed by atoms with Gasteiger partial charge in [0.25, 0.3) is 0 Å². The molecule has 2 aromatic rings. The average molecular weight is 313 g/mol. The predicted octanol–water partition coefficient (Wildman–Crippen LogP) is 1.03. The highest BCUT2D eigenvalue weighted by Crippen LogP contribution is 2.27. The van der Waals surface area contributed by atoms with E-state index in [9.17, 15) is 4.79 Å². The lowest BCUT2D eigenvalue weighted by molar-refractivity contribution is 0.213. The molecule has 3 heterocycles. The lowest BCUT2D eigenvalue weighted by Crippen LogP contribution is -2.41. The number of hydrogen-bond donors (Lipinski definition) is 2. The van der Waals surface area contributed by atoms with Gasteiger partial charge in [-0.25, -0.2) is 4.79 Å². The first-order valence-electron chi connectivity index (χ1n) is 7.97. The summed E-state index contributed by atoms with van der Waals surface area (Å²) in [6, 6.07) is 7.77. The third-order valence-electron chi connectivity index (χ3n) is 4.30. The van der Waals surface area contributed by atoms with Crippen molar-refractivity contribution in [1.82, 2.24) is 25.4 Å². The van der Waals surface area contributed by atoms with Crippen LogP contribution in [0.5, 0.6) is 5.75 Å². The lowest BCUT2D eigenvalue weighted by atomic mass is 10.1. The fraction of sp³-hybridized carbons (Fsp3) is 0.438. The summed E-state index contributed by atoms with van der Waals surface area (Å²) in [5, 5.41) is 13.9. The Morgan fingerprint density at radius 1 is 1.30 bits per heavy atom. The number of nitrogens with one attached hydrogen (secondary N) is 2. The minimum atomic E-state index is -0.208. The molecular weight excluding hydrogens is 294 g/mol. The molecule has 2 aliphatic heterocycles. The Morgan fingerprint density at radius 3 is 3.13 bits per heavy atom. The minimum absolute atomic E-state index is 0.00418. The molecule has 0 saturated carbocycles. The molecule has 0 saturated heterocycles. The highest BCUT2D eigenvalue weighted by atomic mass is 16.5. The van der Waals surface area contributed by atoms with Gasteiger partial charge in [0.15, 0.2) is 5.82 Å². The fourth-order valence-electron chi connectivity index (χ4n) is 3.14. The van der Waals surface area contributed by atoms with E-state index in [4.69, 9.17) is 4.74 Å². The van der Waals surface area contributed by atoms with Crippen LogP contribution < -0.4 is 15.4 Å². The zero-order valence-corrected chi connectivity index (χ0v) is 12.8. The summed E-state index contributed by atoms with van der Waals surface area (Å²) in [7, 11) is 0. The summed E-state index contributed by atoms with van der Waals surface area (Å²) in [6.07, 6.45) is 2.90. The van der Waals surface area contributed by atoms with Gasteiger partial charge in [0.2, 0.25) is 0 Å². The van der Waals surface area contributed by atoms with Crippen LogP contribution in [0.1, 0.15) is 23.6 Å². The molecule has 0 radical (unpaired) electrons. The first kappa shape index (κ1) is 14.0. The number of rotatable bonds is 4. The number of aromatic nitrogens is 3. The third-order valence-corrected chi connectivity index (χ3v) is 4.30. The first-order chi connectivity index (χ1) is 11.3. The number of amides is 2. The van der Waals surface area contributed by atoms with Gasteiger partial charge in [-0.15, -0.1) is 10.2 Å². The third kappa shape index (κ3) is 2.86. The van der Waals surface area contributed by atoms with E-state index in [-0.39, 0.29) is 12.1 Å². The molecule has 23 heavy (non-hydrogen) atoms. The summed E-state index contributed by atoms with van der Waals surface area (Å²) in [6.45, 7) is 1.82. The molecule has 2 aliphatic rings. The second-order valence-electron chi connectivity index (χ2n) is 5.90. The minimum Gasteiger partial charge on any atom is -0.488 e. The maximum absolute atomic E-state index is 11.9. The summed E-state index contributed by atoms with van der Waals surface area (Å²) in [5.74, 6) is 2.75. The predicted molar refractivity (Wildman–Crippen MR) is 83.1 cm³/mol. The number of carbonyl (C=O) groups is 1. The van der Waals surface area contributed by atoms with E-state index >= 15 is 0 Å². The number of fused-ring (bicyclic) bond motifs is 2. The van der Waals surface area contributed by atoms with Gasteiger partial charge in [0.05, 0.1) is 13.1 Å². The molecule has 7 heteroatoms. The molecule has 0 bridgehead atoms. The van der Waals surface area contributed by atoms with Crippen LogP contribution in [0, 0.1) is 0 Å². The molecule has 2 amide bonds. The fourth-order valence-corrected chi connectivity index (χ4v) is 3.14. The largest absolute Gasteiger partial charge is 0.488 e. The zero-order valence-electron chi connectivity index (χ0n) is 12.8. The van der Waals surface area contributed by atoms with E-state index in [0.29, 0.717) is 13.1 Å². The Morgan fingerprint density at radius 2 is 2.22 bits per heavy atom. The normalized spacial score (nSPS) is 18.2. The Kier molecular flexibility index (Phi) is 3.61. The van der Waals surface area contributed by atoms with Gasteiger partial charge in [-0.3, -0.25) is 0 Å². The smallest absolute Gasteiger partial charge is 0.315 e. The van der Waals surface area contributed by atoms with Crippen molar-refractivity contribution in [3.8, 4) is 5.75 Å². The van der Waals surface area contributed by atoms with Gasteiger partial charge < -0.3 is 19.9 Å². The highest BCUT2D eigenvalue weighted by Gasteiger charge is 2.23.